The van der Waals surface area contributed by atoms with Crippen LogP contribution in [-0.2, 0) is 16.1 Å². The highest BCUT2D eigenvalue weighted by molar-refractivity contribution is 5.94. The van der Waals surface area contributed by atoms with Gasteiger partial charge in [0, 0.05) is 19.0 Å². The Kier molecular flexibility index (Phi) is 5.80. The second-order valence-electron chi connectivity index (χ2n) is 6.43. The van der Waals surface area contributed by atoms with Gasteiger partial charge in [0.25, 0.3) is 5.69 Å². The minimum atomic E-state index is -0.749. The van der Waals surface area contributed by atoms with Crippen molar-refractivity contribution in [2.24, 2.45) is 0 Å². The highest BCUT2D eigenvalue weighted by Gasteiger charge is 2.27. The van der Waals surface area contributed by atoms with Crippen LogP contribution in [0.25, 0.3) is 0 Å². The molecule has 2 aromatic rings. The number of hydrogen-bond acceptors (Lipinski definition) is 6. The van der Waals surface area contributed by atoms with Gasteiger partial charge in [0.2, 0.25) is 0 Å². The molecular weight excluding hydrogens is 348 g/mol. The van der Waals surface area contributed by atoms with Crippen LogP contribution in [0.2, 0.25) is 0 Å². The first-order chi connectivity index (χ1) is 13.0. The summed E-state index contributed by atoms with van der Waals surface area (Å²) < 4.78 is 5.26. The summed E-state index contributed by atoms with van der Waals surface area (Å²) in [6, 6.07) is 13.6. The van der Waals surface area contributed by atoms with Crippen molar-refractivity contribution >= 4 is 23.1 Å². The normalized spacial score (nSPS) is 16.6. The van der Waals surface area contributed by atoms with Crippen molar-refractivity contribution in [1.29, 1.82) is 0 Å². The van der Waals surface area contributed by atoms with E-state index in [0.717, 1.165) is 18.4 Å². The number of ether oxygens (including phenoxy) is 1. The van der Waals surface area contributed by atoms with Crippen LogP contribution in [0.3, 0.4) is 0 Å². The number of carbonyl (C=O) groups is 2. The van der Waals surface area contributed by atoms with Crippen molar-refractivity contribution in [1.82, 2.24) is 0 Å². The molecule has 0 spiro atoms. The third-order valence-electron chi connectivity index (χ3n) is 4.50. The van der Waals surface area contributed by atoms with Gasteiger partial charge in [-0.15, -0.1) is 0 Å². The lowest BCUT2D eigenvalue weighted by Gasteiger charge is -2.20. The van der Waals surface area contributed by atoms with E-state index in [0.29, 0.717) is 25.1 Å². The summed E-state index contributed by atoms with van der Waals surface area (Å²) in [5, 5.41) is 14.4. The molecule has 1 aliphatic rings. The first-order valence-electron chi connectivity index (χ1n) is 8.84. The minimum Gasteiger partial charge on any atom is -0.451 e. The summed E-state index contributed by atoms with van der Waals surface area (Å²) >= 11 is 0. The van der Waals surface area contributed by atoms with Crippen molar-refractivity contribution in [2.75, 3.05) is 5.32 Å². The Hall–Kier alpha value is -3.22. The first kappa shape index (κ1) is 18.6. The molecule has 0 radical (unpaired) electrons. The maximum Gasteiger partial charge on any atom is 0.339 e. The van der Waals surface area contributed by atoms with Crippen LogP contribution in [0.5, 0.6) is 0 Å². The molecule has 0 aromatic heterocycles. The van der Waals surface area contributed by atoms with E-state index in [4.69, 9.17) is 4.74 Å². The molecule has 1 N–H and O–H groups in total. The van der Waals surface area contributed by atoms with Gasteiger partial charge >= 0.3 is 5.97 Å². The Bertz CT molecular complexity index is 851. The number of nitro groups is 1. The van der Waals surface area contributed by atoms with E-state index in [1.54, 1.807) is 0 Å². The third kappa shape index (κ3) is 4.69. The van der Waals surface area contributed by atoms with Gasteiger partial charge in [-0.3, -0.25) is 14.9 Å². The standard InChI is InChI=1S/C20H20N2O5/c23-18-8-4-5-9-19(18)27-20(24)15-10-11-16(17(12-15)22(25)26)21-13-14-6-2-1-3-7-14/h1-3,6-7,10-12,19,21H,4-5,8-9,13H2/t19-/m1/s1. The van der Waals surface area contributed by atoms with E-state index in [2.05, 4.69) is 5.32 Å². The second kappa shape index (κ2) is 8.44. The number of carbonyl (C=O) groups excluding carboxylic acids is 2. The van der Waals surface area contributed by atoms with E-state index < -0.39 is 17.0 Å². The highest BCUT2D eigenvalue weighted by Crippen LogP contribution is 2.27. The average Bonchev–Trinajstić information content (AvgIpc) is 2.68. The molecule has 1 atom stereocenters. The highest BCUT2D eigenvalue weighted by atomic mass is 16.6. The number of rotatable bonds is 6. The smallest absolute Gasteiger partial charge is 0.339 e. The zero-order valence-corrected chi connectivity index (χ0v) is 14.7. The molecule has 27 heavy (non-hydrogen) atoms. The van der Waals surface area contributed by atoms with Crippen LogP contribution in [0.1, 0.15) is 41.6 Å². The lowest BCUT2D eigenvalue weighted by Crippen LogP contribution is -2.30. The first-order valence-corrected chi connectivity index (χ1v) is 8.84. The number of nitrogens with zero attached hydrogens (tertiary/aromatic N) is 1. The summed E-state index contributed by atoms with van der Waals surface area (Å²) in [6.45, 7) is 0.419. The number of Topliss-reactive ketones (excluding diaryl/α,β-unsaturated/α-hetero) is 1. The summed E-state index contributed by atoms with van der Waals surface area (Å²) in [5.74, 6) is -0.807. The Morgan fingerprint density at radius 3 is 2.67 bits per heavy atom. The van der Waals surface area contributed by atoms with Crippen molar-refractivity contribution < 1.29 is 19.2 Å². The maximum absolute atomic E-state index is 12.3. The van der Waals surface area contributed by atoms with Crippen molar-refractivity contribution in [3.05, 3.63) is 69.8 Å². The molecule has 2 aromatic carbocycles. The lowest BCUT2D eigenvalue weighted by molar-refractivity contribution is -0.384. The SMILES string of the molecule is O=C(O[C@@H]1CCCCC1=O)c1ccc(NCc2ccccc2)c([N+](=O)[O-])c1. The molecule has 3 rings (SSSR count). The topological polar surface area (TPSA) is 98.5 Å². The van der Waals surface area contributed by atoms with Crippen molar-refractivity contribution in [3.8, 4) is 0 Å². The van der Waals surface area contributed by atoms with Crippen molar-refractivity contribution in [3.63, 3.8) is 0 Å². The molecule has 0 saturated heterocycles. The van der Waals surface area contributed by atoms with Gasteiger partial charge in [0.05, 0.1) is 10.5 Å². The van der Waals surface area contributed by atoms with Crippen LogP contribution < -0.4 is 5.32 Å². The van der Waals surface area contributed by atoms with Gasteiger partial charge in [0.15, 0.2) is 11.9 Å². The van der Waals surface area contributed by atoms with Gasteiger partial charge < -0.3 is 10.1 Å². The van der Waals surface area contributed by atoms with E-state index in [-0.39, 0.29) is 17.0 Å². The number of ketones is 1. The molecular formula is C20H20N2O5. The fourth-order valence-electron chi connectivity index (χ4n) is 3.03. The number of nitrogens with one attached hydrogen (secondary N) is 1. The molecule has 140 valence electrons. The van der Waals surface area contributed by atoms with Gasteiger partial charge in [-0.25, -0.2) is 4.79 Å². The molecule has 1 saturated carbocycles. The van der Waals surface area contributed by atoms with Gasteiger partial charge in [-0.1, -0.05) is 30.3 Å². The molecule has 0 amide bonds. The number of hydrogen-bond donors (Lipinski definition) is 1. The number of anilines is 1. The van der Waals surface area contributed by atoms with Crippen LogP contribution in [0, 0.1) is 10.1 Å². The molecule has 7 nitrogen and oxygen atoms in total. The molecule has 0 bridgehead atoms. The number of benzene rings is 2. The van der Waals surface area contributed by atoms with Crippen LogP contribution >= 0.6 is 0 Å². The van der Waals surface area contributed by atoms with E-state index in [9.17, 15) is 19.7 Å². The van der Waals surface area contributed by atoms with Gasteiger partial charge in [-0.05, 0) is 37.0 Å². The fourth-order valence-corrected chi connectivity index (χ4v) is 3.03. The Labute approximate surface area is 156 Å². The summed E-state index contributed by atoms with van der Waals surface area (Å²) in [7, 11) is 0. The number of esters is 1. The fraction of sp³-hybridized carbons (Fsp3) is 0.300. The zero-order chi connectivity index (χ0) is 19.2. The Balaban J connectivity index is 1.73. The van der Waals surface area contributed by atoms with Crippen LogP contribution in [0.4, 0.5) is 11.4 Å². The van der Waals surface area contributed by atoms with E-state index in [1.165, 1.54) is 18.2 Å². The zero-order valence-electron chi connectivity index (χ0n) is 14.7. The molecule has 0 heterocycles. The largest absolute Gasteiger partial charge is 0.451 e. The maximum atomic E-state index is 12.3. The molecule has 0 unspecified atom stereocenters. The Morgan fingerprint density at radius 1 is 1.19 bits per heavy atom. The van der Waals surface area contributed by atoms with E-state index in [1.807, 2.05) is 30.3 Å². The summed E-state index contributed by atoms with van der Waals surface area (Å²) in [4.78, 5) is 35.0. The third-order valence-corrected chi connectivity index (χ3v) is 4.50. The number of nitro benzene ring substituents is 1. The monoisotopic (exact) mass is 368 g/mol. The quantitative estimate of drug-likeness (QED) is 0.472. The molecule has 0 aliphatic heterocycles. The minimum absolute atomic E-state index is 0.0605. The lowest BCUT2D eigenvalue weighted by atomic mass is 9.96. The molecule has 1 fully saturated rings. The predicted molar refractivity (Wildman–Crippen MR) is 99.5 cm³/mol. The summed E-state index contributed by atoms with van der Waals surface area (Å²) in [5.41, 5.74) is 1.14. The predicted octanol–water partition coefficient (Wildman–Crippen LogP) is 3.88. The van der Waals surface area contributed by atoms with E-state index >= 15 is 0 Å². The average molecular weight is 368 g/mol. The van der Waals surface area contributed by atoms with Crippen LogP contribution in [-0.4, -0.2) is 22.8 Å². The summed E-state index contributed by atoms with van der Waals surface area (Å²) in [6.07, 6.45) is 1.79. The van der Waals surface area contributed by atoms with Gasteiger partial charge in [-0.2, -0.15) is 0 Å². The van der Waals surface area contributed by atoms with Crippen molar-refractivity contribution in [2.45, 2.75) is 38.3 Å². The molecule has 7 heteroatoms. The Morgan fingerprint density at radius 2 is 1.96 bits per heavy atom. The molecule has 1 aliphatic carbocycles. The second-order valence-corrected chi connectivity index (χ2v) is 6.43. The van der Waals surface area contributed by atoms with Crippen LogP contribution in [0.15, 0.2) is 48.5 Å². The van der Waals surface area contributed by atoms with Gasteiger partial charge in [0.1, 0.15) is 5.69 Å².